The second-order valence-corrected chi connectivity index (χ2v) is 8.26. The third kappa shape index (κ3) is 2.51. The number of nitrogens with zero attached hydrogens (tertiary/aromatic N) is 2. The standard InChI is InChI=1S/C14H10BrIN2O2S/c1-9-12(15)7-10-8-13(16)18(14(10)17-9)21(19,20)11-5-3-2-4-6-11/h2-8H,1H3. The molecule has 0 spiro atoms. The Morgan fingerprint density at radius 2 is 1.86 bits per heavy atom. The minimum Gasteiger partial charge on any atom is -0.233 e. The van der Waals surface area contributed by atoms with Crippen molar-refractivity contribution in [1.29, 1.82) is 0 Å². The van der Waals surface area contributed by atoms with Crippen molar-refractivity contribution in [2.75, 3.05) is 0 Å². The molecule has 0 radical (unpaired) electrons. The summed E-state index contributed by atoms with van der Waals surface area (Å²) in [7, 11) is -3.65. The van der Waals surface area contributed by atoms with Gasteiger partial charge in [0.25, 0.3) is 10.0 Å². The Morgan fingerprint density at radius 3 is 2.52 bits per heavy atom. The van der Waals surface area contributed by atoms with E-state index in [2.05, 4.69) is 20.9 Å². The molecule has 0 N–H and O–H groups in total. The summed E-state index contributed by atoms with van der Waals surface area (Å²) >= 11 is 5.44. The van der Waals surface area contributed by atoms with Gasteiger partial charge in [0, 0.05) is 9.86 Å². The molecule has 2 heterocycles. The summed E-state index contributed by atoms with van der Waals surface area (Å²) in [5, 5.41) is 0.788. The van der Waals surface area contributed by atoms with Crippen molar-refractivity contribution < 1.29 is 8.42 Å². The van der Waals surface area contributed by atoms with E-state index in [4.69, 9.17) is 0 Å². The summed E-state index contributed by atoms with van der Waals surface area (Å²) in [6.07, 6.45) is 0. The van der Waals surface area contributed by atoms with Crippen LogP contribution in [-0.4, -0.2) is 17.4 Å². The molecule has 0 saturated carbocycles. The minimum absolute atomic E-state index is 0.253. The summed E-state index contributed by atoms with van der Waals surface area (Å²) in [6, 6.07) is 12.1. The number of hydrogen-bond donors (Lipinski definition) is 0. The summed E-state index contributed by atoms with van der Waals surface area (Å²) < 4.78 is 28.4. The molecule has 0 aliphatic heterocycles. The fourth-order valence-electron chi connectivity index (χ4n) is 2.07. The molecule has 1 aromatic carbocycles. The van der Waals surface area contributed by atoms with Gasteiger partial charge in [-0.05, 0) is 69.7 Å². The van der Waals surface area contributed by atoms with Gasteiger partial charge in [-0.25, -0.2) is 17.4 Å². The van der Waals surface area contributed by atoms with Crippen LogP contribution in [0.25, 0.3) is 11.0 Å². The molecule has 108 valence electrons. The van der Waals surface area contributed by atoms with Crippen LogP contribution in [-0.2, 0) is 10.0 Å². The third-order valence-corrected chi connectivity index (χ3v) is 6.74. The van der Waals surface area contributed by atoms with Crippen LogP contribution >= 0.6 is 38.5 Å². The van der Waals surface area contributed by atoms with Crippen molar-refractivity contribution in [3.63, 3.8) is 0 Å². The van der Waals surface area contributed by atoms with E-state index < -0.39 is 10.0 Å². The minimum atomic E-state index is -3.65. The third-order valence-electron chi connectivity index (χ3n) is 3.10. The highest BCUT2D eigenvalue weighted by atomic mass is 127. The van der Waals surface area contributed by atoms with Gasteiger partial charge >= 0.3 is 0 Å². The van der Waals surface area contributed by atoms with Crippen LogP contribution in [0.15, 0.2) is 51.8 Å². The van der Waals surface area contributed by atoms with Crippen molar-refractivity contribution in [2.45, 2.75) is 11.8 Å². The van der Waals surface area contributed by atoms with Gasteiger partial charge in [-0.15, -0.1) is 0 Å². The summed E-state index contributed by atoms with van der Waals surface area (Å²) in [5.74, 6) is 0. The van der Waals surface area contributed by atoms with Crippen molar-refractivity contribution >= 4 is 59.6 Å². The first-order valence-corrected chi connectivity index (χ1v) is 9.37. The average Bonchev–Trinajstić information content (AvgIpc) is 2.76. The smallest absolute Gasteiger partial charge is 0.233 e. The van der Waals surface area contributed by atoms with Gasteiger partial charge in [-0.1, -0.05) is 18.2 Å². The van der Waals surface area contributed by atoms with Gasteiger partial charge in [0.15, 0.2) is 5.65 Å². The average molecular weight is 477 g/mol. The first kappa shape index (κ1) is 15.0. The van der Waals surface area contributed by atoms with Gasteiger partial charge in [0.2, 0.25) is 0 Å². The van der Waals surface area contributed by atoms with Crippen LogP contribution in [0, 0.1) is 10.6 Å². The van der Waals surface area contributed by atoms with Crippen LogP contribution in [0.5, 0.6) is 0 Å². The molecule has 3 rings (SSSR count). The number of pyridine rings is 1. The zero-order valence-corrected chi connectivity index (χ0v) is 15.5. The quantitative estimate of drug-likeness (QED) is 0.526. The monoisotopic (exact) mass is 476 g/mol. The molecule has 0 aliphatic carbocycles. The Balaban J connectivity index is 2.35. The SMILES string of the molecule is Cc1nc2c(cc1Br)cc(I)n2S(=O)(=O)c1ccccc1. The fraction of sp³-hybridized carbons (Fsp3) is 0.0714. The molecule has 0 atom stereocenters. The Hall–Kier alpha value is -0.930. The second kappa shape index (κ2) is 5.36. The molecule has 7 heteroatoms. The molecular weight excluding hydrogens is 467 g/mol. The van der Waals surface area contributed by atoms with E-state index in [0.29, 0.717) is 9.35 Å². The Kier molecular flexibility index (Phi) is 3.83. The largest absolute Gasteiger partial charge is 0.270 e. The van der Waals surface area contributed by atoms with E-state index in [1.165, 1.54) is 3.97 Å². The molecule has 0 unspecified atom stereocenters. The molecular formula is C14H10BrIN2O2S. The number of benzene rings is 1. The molecule has 4 nitrogen and oxygen atoms in total. The predicted molar refractivity (Wildman–Crippen MR) is 93.9 cm³/mol. The highest BCUT2D eigenvalue weighted by Crippen LogP contribution is 2.28. The van der Waals surface area contributed by atoms with E-state index in [1.807, 2.05) is 41.6 Å². The molecule has 21 heavy (non-hydrogen) atoms. The highest BCUT2D eigenvalue weighted by Gasteiger charge is 2.23. The maximum Gasteiger partial charge on any atom is 0.270 e. The fourth-order valence-corrected chi connectivity index (χ4v) is 5.11. The van der Waals surface area contributed by atoms with E-state index in [9.17, 15) is 8.42 Å². The molecule has 0 saturated heterocycles. The molecule has 2 aromatic heterocycles. The van der Waals surface area contributed by atoms with E-state index in [1.54, 1.807) is 30.3 Å². The van der Waals surface area contributed by atoms with Crippen molar-refractivity contribution in [2.24, 2.45) is 0 Å². The normalized spacial score (nSPS) is 12.0. The Bertz CT molecular complexity index is 937. The summed E-state index contributed by atoms with van der Waals surface area (Å²) in [5.41, 5.74) is 1.20. The number of hydrogen-bond acceptors (Lipinski definition) is 3. The summed E-state index contributed by atoms with van der Waals surface area (Å²) in [6.45, 7) is 1.84. The molecule has 0 aliphatic rings. The predicted octanol–water partition coefficient (Wildman–Crippen LogP) is 3.95. The van der Waals surface area contributed by atoms with Gasteiger partial charge < -0.3 is 0 Å². The van der Waals surface area contributed by atoms with Crippen molar-refractivity contribution in [3.8, 4) is 0 Å². The maximum absolute atomic E-state index is 12.8. The lowest BCUT2D eigenvalue weighted by Crippen LogP contribution is -2.15. The van der Waals surface area contributed by atoms with Crippen LogP contribution in [0.4, 0.5) is 0 Å². The zero-order valence-electron chi connectivity index (χ0n) is 10.9. The maximum atomic E-state index is 12.8. The summed E-state index contributed by atoms with van der Waals surface area (Å²) in [4.78, 5) is 4.67. The van der Waals surface area contributed by atoms with E-state index in [0.717, 1.165) is 15.6 Å². The number of aryl methyl sites for hydroxylation is 1. The van der Waals surface area contributed by atoms with Crippen molar-refractivity contribution in [1.82, 2.24) is 8.96 Å². The van der Waals surface area contributed by atoms with Crippen LogP contribution in [0.2, 0.25) is 0 Å². The zero-order chi connectivity index (χ0) is 15.2. The molecule has 0 fully saturated rings. The van der Waals surface area contributed by atoms with Gasteiger partial charge in [-0.2, -0.15) is 0 Å². The Morgan fingerprint density at radius 1 is 1.19 bits per heavy atom. The lowest BCUT2D eigenvalue weighted by atomic mass is 10.3. The van der Waals surface area contributed by atoms with Gasteiger partial charge in [0.05, 0.1) is 14.3 Å². The first-order chi connectivity index (χ1) is 9.91. The molecule has 0 amide bonds. The van der Waals surface area contributed by atoms with E-state index in [-0.39, 0.29) is 4.90 Å². The molecule has 0 bridgehead atoms. The van der Waals surface area contributed by atoms with Gasteiger partial charge in [0.1, 0.15) is 0 Å². The Labute approximate surface area is 144 Å². The molecule has 3 aromatic rings. The number of fused-ring (bicyclic) bond motifs is 1. The number of aromatic nitrogens is 2. The van der Waals surface area contributed by atoms with Gasteiger partial charge in [-0.3, -0.25) is 0 Å². The number of halogens is 2. The topological polar surface area (TPSA) is 52.0 Å². The lowest BCUT2D eigenvalue weighted by molar-refractivity contribution is 0.588. The van der Waals surface area contributed by atoms with Crippen LogP contribution in [0.1, 0.15) is 5.69 Å². The highest BCUT2D eigenvalue weighted by molar-refractivity contribution is 14.1. The van der Waals surface area contributed by atoms with Crippen LogP contribution in [0.3, 0.4) is 0 Å². The number of rotatable bonds is 2. The van der Waals surface area contributed by atoms with Crippen LogP contribution < -0.4 is 0 Å². The van der Waals surface area contributed by atoms with E-state index >= 15 is 0 Å². The lowest BCUT2D eigenvalue weighted by Gasteiger charge is -2.09. The van der Waals surface area contributed by atoms with Crippen molar-refractivity contribution in [3.05, 3.63) is 56.3 Å². The first-order valence-electron chi connectivity index (χ1n) is 6.06. The second-order valence-electron chi connectivity index (χ2n) is 4.52.